The number of Topliss-reactive ketones (excluding diaryl/α,β-unsaturated/α-hetero) is 2. The number of carbonyl (C=O) groups is 3. The molecule has 0 spiro atoms. The van der Waals surface area contributed by atoms with Gasteiger partial charge in [-0.05, 0) is 32.8 Å². The van der Waals surface area contributed by atoms with Crippen LogP contribution in [0.3, 0.4) is 0 Å². The first kappa shape index (κ1) is 20.4. The van der Waals surface area contributed by atoms with Crippen LogP contribution in [0.15, 0.2) is 60.7 Å². The van der Waals surface area contributed by atoms with E-state index in [1.807, 2.05) is 30.3 Å². The number of alkyl carbamates (subject to hydrolysis) is 1. The molecular formula is C22H25NO4. The summed E-state index contributed by atoms with van der Waals surface area (Å²) in [5.74, 6) is -0.622. The quantitative estimate of drug-likeness (QED) is 0.594. The zero-order chi connectivity index (χ0) is 19.9. The molecule has 5 nitrogen and oxygen atoms in total. The van der Waals surface area contributed by atoms with Gasteiger partial charge in [0, 0.05) is 5.56 Å². The molecule has 1 amide bonds. The lowest BCUT2D eigenvalue weighted by molar-refractivity contribution is -0.120. The molecule has 2 aromatic rings. The summed E-state index contributed by atoms with van der Waals surface area (Å²) in [6.45, 7) is 5.25. The zero-order valence-corrected chi connectivity index (χ0v) is 15.9. The predicted molar refractivity (Wildman–Crippen MR) is 104 cm³/mol. The standard InChI is InChI=1S/C22H25NO4/c1-22(2,3)27-21(26)23-18(14-16-10-6-4-7-11-16)20(25)15-19(24)17-12-8-5-9-13-17/h4-13,18H,14-15H2,1-3H3,(H,23,26)/t18-/m1/s1. The summed E-state index contributed by atoms with van der Waals surface area (Å²) in [6.07, 6.45) is -0.665. The Labute approximate surface area is 159 Å². The van der Waals surface area contributed by atoms with E-state index in [-0.39, 0.29) is 18.0 Å². The van der Waals surface area contributed by atoms with Gasteiger partial charge in [-0.3, -0.25) is 9.59 Å². The van der Waals surface area contributed by atoms with Crippen LogP contribution in [0.1, 0.15) is 43.1 Å². The van der Waals surface area contributed by atoms with Crippen LogP contribution >= 0.6 is 0 Å². The molecule has 0 saturated heterocycles. The van der Waals surface area contributed by atoms with E-state index in [9.17, 15) is 14.4 Å². The Morgan fingerprint density at radius 3 is 2.04 bits per heavy atom. The van der Waals surface area contributed by atoms with Gasteiger partial charge < -0.3 is 10.1 Å². The highest BCUT2D eigenvalue weighted by molar-refractivity contribution is 6.09. The molecule has 27 heavy (non-hydrogen) atoms. The molecule has 0 heterocycles. The molecule has 0 aliphatic carbocycles. The molecule has 0 aliphatic heterocycles. The molecule has 5 heteroatoms. The van der Waals surface area contributed by atoms with E-state index >= 15 is 0 Å². The highest BCUT2D eigenvalue weighted by Gasteiger charge is 2.26. The van der Waals surface area contributed by atoms with Crippen LogP contribution in [0.5, 0.6) is 0 Å². The molecule has 0 aliphatic rings. The van der Waals surface area contributed by atoms with E-state index in [4.69, 9.17) is 4.74 Å². The van der Waals surface area contributed by atoms with Crippen LogP contribution in [0.4, 0.5) is 4.79 Å². The van der Waals surface area contributed by atoms with E-state index in [2.05, 4.69) is 5.32 Å². The summed E-state index contributed by atoms with van der Waals surface area (Å²) in [5, 5.41) is 2.62. The van der Waals surface area contributed by atoms with Crippen molar-refractivity contribution >= 4 is 17.7 Å². The summed E-state index contributed by atoms with van der Waals surface area (Å²) < 4.78 is 5.26. The van der Waals surface area contributed by atoms with Crippen molar-refractivity contribution in [3.63, 3.8) is 0 Å². The van der Waals surface area contributed by atoms with E-state index < -0.39 is 17.7 Å². The number of amides is 1. The van der Waals surface area contributed by atoms with Crippen LogP contribution in [0.2, 0.25) is 0 Å². The minimum Gasteiger partial charge on any atom is -0.444 e. The number of hydrogen-bond acceptors (Lipinski definition) is 4. The van der Waals surface area contributed by atoms with E-state index in [0.29, 0.717) is 12.0 Å². The minimum atomic E-state index is -0.838. The lowest BCUT2D eigenvalue weighted by atomic mass is 9.97. The molecule has 2 rings (SSSR count). The molecule has 142 valence electrons. The third kappa shape index (κ3) is 7.05. The number of hydrogen-bond donors (Lipinski definition) is 1. The van der Waals surface area contributed by atoms with Gasteiger partial charge in [-0.1, -0.05) is 60.7 Å². The lowest BCUT2D eigenvalue weighted by Gasteiger charge is -2.23. The van der Waals surface area contributed by atoms with Crippen molar-refractivity contribution in [2.24, 2.45) is 0 Å². The number of carbonyl (C=O) groups excluding carboxylic acids is 3. The fourth-order valence-electron chi connectivity index (χ4n) is 2.55. The first-order chi connectivity index (χ1) is 12.7. The van der Waals surface area contributed by atoms with Crippen molar-refractivity contribution in [2.75, 3.05) is 0 Å². The van der Waals surface area contributed by atoms with Crippen molar-refractivity contribution in [2.45, 2.75) is 45.3 Å². The summed E-state index contributed by atoms with van der Waals surface area (Å²) in [7, 11) is 0. The first-order valence-electron chi connectivity index (χ1n) is 8.89. The fraction of sp³-hybridized carbons (Fsp3) is 0.318. The predicted octanol–water partition coefficient (Wildman–Crippen LogP) is 3.96. The van der Waals surface area contributed by atoms with E-state index in [1.54, 1.807) is 51.1 Å². The molecule has 0 saturated carbocycles. The SMILES string of the molecule is CC(C)(C)OC(=O)N[C@H](Cc1ccccc1)C(=O)CC(=O)c1ccccc1. The number of rotatable bonds is 7. The normalized spacial score (nSPS) is 12.1. The van der Waals surface area contributed by atoms with Crippen LogP contribution < -0.4 is 5.32 Å². The van der Waals surface area contributed by atoms with Crippen molar-refractivity contribution in [3.8, 4) is 0 Å². The van der Waals surface area contributed by atoms with E-state index in [0.717, 1.165) is 5.56 Å². The Bertz CT molecular complexity index is 779. The topological polar surface area (TPSA) is 72.5 Å². The first-order valence-corrected chi connectivity index (χ1v) is 8.89. The molecule has 0 fully saturated rings. The van der Waals surface area contributed by atoms with Gasteiger partial charge in [-0.25, -0.2) is 4.79 Å². The largest absolute Gasteiger partial charge is 0.444 e. The summed E-state index contributed by atoms with van der Waals surface area (Å²) in [6, 6.07) is 17.1. The molecular weight excluding hydrogens is 342 g/mol. The lowest BCUT2D eigenvalue weighted by Crippen LogP contribution is -2.45. The Morgan fingerprint density at radius 2 is 1.48 bits per heavy atom. The van der Waals surface area contributed by atoms with Crippen molar-refractivity contribution in [3.05, 3.63) is 71.8 Å². The molecule has 0 aromatic heterocycles. The smallest absolute Gasteiger partial charge is 0.408 e. The van der Waals surface area contributed by atoms with Gasteiger partial charge in [-0.2, -0.15) is 0 Å². The maximum absolute atomic E-state index is 12.7. The second-order valence-corrected chi connectivity index (χ2v) is 7.32. The summed E-state index contributed by atoms with van der Waals surface area (Å²) >= 11 is 0. The molecule has 1 atom stereocenters. The van der Waals surface area contributed by atoms with Gasteiger partial charge in [-0.15, -0.1) is 0 Å². The van der Waals surface area contributed by atoms with Gasteiger partial charge >= 0.3 is 6.09 Å². The van der Waals surface area contributed by atoms with Crippen molar-refractivity contribution in [1.82, 2.24) is 5.32 Å². The highest BCUT2D eigenvalue weighted by Crippen LogP contribution is 2.11. The maximum atomic E-state index is 12.7. The average Bonchev–Trinajstić information content (AvgIpc) is 2.61. The third-order valence-electron chi connectivity index (χ3n) is 3.79. The van der Waals surface area contributed by atoms with E-state index in [1.165, 1.54) is 0 Å². The Morgan fingerprint density at radius 1 is 0.926 bits per heavy atom. The van der Waals surface area contributed by atoms with Gasteiger partial charge in [0.05, 0.1) is 12.5 Å². The van der Waals surface area contributed by atoms with Crippen LogP contribution in [0, 0.1) is 0 Å². The molecule has 0 radical (unpaired) electrons. The molecule has 0 bridgehead atoms. The molecule has 1 N–H and O–H groups in total. The number of ketones is 2. The van der Waals surface area contributed by atoms with Crippen LogP contribution in [-0.2, 0) is 16.0 Å². The highest BCUT2D eigenvalue weighted by atomic mass is 16.6. The number of nitrogens with one attached hydrogen (secondary N) is 1. The van der Waals surface area contributed by atoms with Crippen LogP contribution in [-0.4, -0.2) is 29.3 Å². The monoisotopic (exact) mass is 367 g/mol. The second kappa shape index (κ2) is 9.12. The Kier molecular flexibility index (Phi) is 6.88. The zero-order valence-electron chi connectivity index (χ0n) is 15.9. The Balaban J connectivity index is 2.11. The fourth-order valence-corrected chi connectivity index (χ4v) is 2.55. The number of ether oxygens (including phenoxy) is 1. The number of benzene rings is 2. The van der Waals surface area contributed by atoms with Gasteiger partial charge in [0.2, 0.25) is 0 Å². The van der Waals surface area contributed by atoms with Crippen LogP contribution in [0.25, 0.3) is 0 Å². The van der Waals surface area contributed by atoms with Gasteiger partial charge in [0.15, 0.2) is 11.6 Å². The summed E-state index contributed by atoms with van der Waals surface area (Å²) in [5.41, 5.74) is 0.685. The second-order valence-electron chi connectivity index (χ2n) is 7.32. The molecule has 2 aromatic carbocycles. The summed E-state index contributed by atoms with van der Waals surface area (Å²) in [4.78, 5) is 37.3. The average molecular weight is 367 g/mol. The maximum Gasteiger partial charge on any atom is 0.408 e. The van der Waals surface area contributed by atoms with Crippen molar-refractivity contribution < 1.29 is 19.1 Å². The van der Waals surface area contributed by atoms with Gasteiger partial charge in [0.1, 0.15) is 5.60 Å². The molecule has 0 unspecified atom stereocenters. The van der Waals surface area contributed by atoms with Crippen molar-refractivity contribution in [1.29, 1.82) is 0 Å². The third-order valence-corrected chi connectivity index (χ3v) is 3.79. The van der Waals surface area contributed by atoms with Gasteiger partial charge in [0.25, 0.3) is 0 Å². The minimum absolute atomic E-state index is 0.273. The Hall–Kier alpha value is -2.95.